The average Bonchev–Trinajstić information content (AvgIpc) is 2.70. The van der Waals surface area contributed by atoms with Crippen LogP contribution in [0.25, 0.3) is 0 Å². The Morgan fingerprint density at radius 1 is 1.29 bits per heavy atom. The second kappa shape index (κ2) is 14.0. The van der Waals surface area contributed by atoms with E-state index < -0.39 is 18.2 Å². The van der Waals surface area contributed by atoms with Crippen molar-refractivity contribution in [2.45, 2.75) is 37.9 Å². The summed E-state index contributed by atoms with van der Waals surface area (Å²) >= 11 is 0. The number of methoxy groups -OCH3 is 1. The molecule has 0 saturated heterocycles. The van der Waals surface area contributed by atoms with Crippen molar-refractivity contribution in [1.29, 1.82) is 0 Å². The molecule has 0 aliphatic heterocycles. The summed E-state index contributed by atoms with van der Waals surface area (Å²) in [5.41, 5.74) is 0.856. The SMILES string of the molecule is C=[O+]C(=O)CCCC(O)C#C/C=C/C=C/C(O)CC#Cc1ccc(OC)cc1. The number of benzene rings is 1. The van der Waals surface area contributed by atoms with Gasteiger partial charge in [0.05, 0.1) is 13.2 Å². The Bertz CT molecular complexity index is 797. The Morgan fingerprint density at radius 3 is 2.71 bits per heavy atom. The fourth-order valence-corrected chi connectivity index (χ4v) is 2.02. The minimum absolute atomic E-state index is 0.208. The van der Waals surface area contributed by atoms with Crippen LogP contribution in [0.1, 0.15) is 31.2 Å². The minimum Gasteiger partial charge on any atom is -0.497 e. The second-order valence-corrected chi connectivity index (χ2v) is 5.76. The third-order valence-corrected chi connectivity index (χ3v) is 3.53. The molecule has 0 aromatic heterocycles. The maximum Gasteiger partial charge on any atom is 0.579 e. The van der Waals surface area contributed by atoms with Crippen molar-refractivity contribution >= 4 is 12.8 Å². The van der Waals surface area contributed by atoms with Crippen molar-refractivity contribution in [3.8, 4) is 29.4 Å². The smallest absolute Gasteiger partial charge is 0.497 e. The number of ether oxygens (including phenoxy) is 1. The van der Waals surface area contributed by atoms with Gasteiger partial charge >= 0.3 is 5.97 Å². The maximum absolute atomic E-state index is 10.9. The number of hydrogen-bond acceptors (Lipinski definition) is 4. The molecule has 146 valence electrons. The van der Waals surface area contributed by atoms with E-state index in [9.17, 15) is 15.0 Å². The van der Waals surface area contributed by atoms with E-state index in [0.717, 1.165) is 11.3 Å². The zero-order valence-electron chi connectivity index (χ0n) is 15.9. The van der Waals surface area contributed by atoms with Crippen LogP contribution in [0.5, 0.6) is 5.75 Å². The molecule has 2 unspecified atom stereocenters. The van der Waals surface area contributed by atoms with Crippen LogP contribution in [0.2, 0.25) is 0 Å². The molecule has 0 radical (unpaired) electrons. The van der Waals surface area contributed by atoms with Gasteiger partial charge in [0.25, 0.3) is 0 Å². The first kappa shape index (κ1) is 22.9. The number of carbonyl (C=O) groups is 1. The fraction of sp³-hybridized carbons (Fsp3) is 0.304. The van der Waals surface area contributed by atoms with Crippen LogP contribution < -0.4 is 4.74 Å². The summed E-state index contributed by atoms with van der Waals surface area (Å²) in [6, 6.07) is 7.38. The minimum atomic E-state index is -0.801. The number of allylic oxidation sites excluding steroid dienone is 3. The van der Waals surface area contributed by atoms with Gasteiger partial charge in [-0.2, -0.15) is 0 Å². The van der Waals surface area contributed by atoms with E-state index in [-0.39, 0.29) is 6.42 Å². The van der Waals surface area contributed by atoms with E-state index in [1.807, 2.05) is 24.3 Å². The number of aliphatic hydroxyl groups excluding tert-OH is 2. The Labute approximate surface area is 166 Å². The average molecular weight is 381 g/mol. The monoisotopic (exact) mass is 381 g/mol. The Balaban J connectivity index is 2.31. The number of carbonyl (C=O) groups excluding carboxylic acids is 2. The molecule has 5 heteroatoms. The van der Waals surface area contributed by atoms with Crippen molar-refractivity contribution in [1.82, 2.24) is 0 Å². The van der Waals surface area contributed by atoms with Crippen LogP contribution in [0.4, 0.5) is 0 Å². The summed E-state index contributed by atoms with van der Waals surface area (Å²) in [5, 5.41) is 19.5. The van der Waals surface area contributed by atoms with Crippen molar-refractivity contribution in [3.63, 3.8) is 0 Å². The molecule has 2 atom stereocenters. The van der Waals surface area contributed by atoms with Crippen molar-refractivity contribution in [3.05, 3.63) is 54.1 Å². The van der Waals surface area contributed by atoms with Crippen LogP contribution in [0.3, 0.4) is 0 Å². The molecule has 1 aromatic rings. The third-order valence-electron chi connectivity index (χ3n) is 3.53. The number of rotatable bonds is 8. The van der Waals surface area contributed by atoms with Gasteiger partial charge in [0, 0.05) is 16.8 Å². The fourth-order valence-electron chi connectivity index (χ4n) is 2.02. The highest BCUT2D eigenvalue weighted by molar-refractivity contribution is 5.66. The van der Waals surface area contributed by atoms with Gasteiger partial charge < -0.3 is 14.9 Å². The molecule has 28 heavy (non-hydrogen) atoms. The highest BCUT2D eigenvalue weighted by atomic mass is 16.5. The molecule has 0 amide bonds. The second-order valence-electron chi connectivity index (χ2n) is 5.76. The molecule has 0 spiro atoms. The van der Waals surface area contributed by atoms with Gasteiger partial charge in [0.1, 0.15) is 18.3 Å². The predicted octanol–water partition coefficient (Wildman–Crippen LogP) is 2.34. The summed E-state index contributed by atoms with van der Waals surface area (Å²) in [5.74, 6) is 11.6. The first-order valence-corrected chi connectivity index (χ1v) is 8.83. The largest absolute Gasteiger partial charge is 0.579 e. The van der Waals surface area contributed by atoms with Gasteiger partial charge in [-0.25, -0.2) is 0 Å². The topological polar surface area (TPSA) is 78.1 Å². The van der Waals surface area contributed by atoms with Gasteiger partial charge in [0.2, 0.25) is 0 Å². The Morgan fingerprint density at radius 2 is 2.04 bits per heavy atom. The molecule has 0 aliphatic carbocycles. The lowest BCUT2D eigenvalue weighted by atomic mass is 10.1. The van der Waals surface area contributed by atoms with E-state index in [4.69, 9.17) is 4.74 Å². The van der Waals surface area contributed by atoms with Crippen molar-refractivity contribution in [2.75, 3.05) is 7.11 Å². The highest BCUT2D eigenvalue weighted by Gasteiger charge is 2.11. The number of aliphatic hydroxyl groups is 2. The summed E-state index contributed by atoms with van der Waals surface area (Å²) in [7, 11) is 1.61. The van der Waals surface area contributed by atoms with Crippen LogP contribution in [0, 0.1) is 23.7 Å². The molecule has 5 nitrogen and oxygen atoms in total. The Hall–Kier alpha value is -3.12. The van der Waals surface area contributed by atoms with Gasteiger partial charge in [-0.05, 0) is 43.2 Å². The molecule has 0 aliphatic rings. The molecule has 0 heterocycles. The van der Waals surface area contributed by atoms with Gasteiger partial charge in [-0.1, -0.05) is 41.9 Å². The summed E-state index contributed by atoms with van der Waals surface area (Å²) in [6.45, 7) is 3.02. The van der Waals surface area contributed by atoms with Crippen LogP contribution >= 0.6 is 0 Å². The van der Waals surface area contributed by atoms with Gasteiger partial charge in [-0.15, -0.1) is 0 Å². The molecule has 1 rings (SSSR count). The van der Waals surface area contributed by atoms with E-state index in [0.29, 0.717) is 19.3 Å². The van der Waals surface area contributed by atoms with E-state index in [2.05, 4.69) is 34.9 Å². The quantitative estimate of drug-likeness (QED) is 0.412. The van der Waals surface area contributed by atoms with E-state index >= 15 is 0 Å². The molecule has 0 saturated carbocycles. The summed E-state index contributed by atoms with van der Waals surface area (Å²) in [4.78, 5) is 10.9. The van der Waals surface area contributed by atoms with Crippen molar-refractivity contribution < 1.29 is 24.2 Å². The molecule has 0 bridgehead atoms. The normalized spacial score (nSPS) is 12.5. The lowest BCUT2D eigenvalue weighted by Gasteiger charge is -1.98. The highest BCUT2D eigenvalue weighted by Crippen LogP contribution is 2.10. The first-order chi connectivity index (χ1) is 13.5. The molecule has 1 aromatic carbocycles. The first-order valence-electron chi connectivity index (χ1n) is 8.83. The Kier molecular flexibility index (Phi) is 11.5. The van der Waals surface area contributed by atoms with Crippen LogP contribution in [0.15, 0.2) is 48.6 Å². The molecule has 0 fully saturated rings. The van der Waals surface area contributed by atoms with Gasteiger partial charge in [0.15, 0.2) is 6.79 Å². The summed E-state index contributed by atoms with van der Waals surface area (Å²) < 4.78 is 9.35. The zero-order chi connectivity index (χ0) is 20.6. The molecular weight excluding hydrogens is 356 g/mol. The van der Waals surface area contributed by atoms with Crippen LogP contribution in [-0.4, -0.2) is 42.3 Å². The molecule has 2 N–H and O–H groups in total. The van der Waals surface area contributed by atoms with Gasteiger partial charge in [-0.3, -0.25) is 4.42 Å². The third kappa shape index (κ3) is 10.8. The summed E-state index contributed by atoms with van der Waals surface area (Å²) in [6.07, 6.45) is 6.43. The van der Waals surface area contributed by atoms with Crippen LogP contribution in [-0.2, 0) is 9.22 Å². The van der Waals surface area contributed by atoms with Crippen molar-refractivity contribution in [2.24, 2.45) is 0 Å². The predicted molar refractivity (Wildman–Crippen MR) is 109 cm³/mol. The zero-order valence-corrected chi connectivity index (χ0v) is 15.9. The standard InChI is InChI=1S/C23H25O5/c1-27-22-17-15-19(16-18-22)9-7-12-20(24)10-5-3-4-6-11-21(25)13-8-14-23(26)28-2/h3-5,10,15-18,20-21,24-25H,2,8,12-14H2,1H3/q+1/b4-3+,10-5+. The lowest BCUT2D eigenvalue weighted by molar-refractivity contribution is -0.369. The maximum atomic E-state index is 10.9. The lowest BCUT2D eigenvalue weighted by Crippen LogP contribution is -2.04. The molecular formula is C23H25O5+. The van der Waals surface area contributed by atoms with E-state index in [1.165, 1.54) is 0 Å². The number of hydrogen-bond donors (Lipinski definition) is 2. The van der Waals surface area contributed by atoms with E-state index in [1.54, 1.807) is 31.4 Å².